The van der Waals surface area contributed by atoms with Crippen LogP contribution in [0.3, 0.4) is 0 Å². The second-order valence-electron chi connectivity index (χ2n) is 8.84. The van der Waals surface area contributed by atoms with Crippen LogP contribution in [0.4, 0.5) is 0 Å². The molecule has 0 amide bonds. The average molecular weight is 375 g/mol. The van der Waals surface area contributed by atoms with Crippen molar-refractivity contribution >= 4 is 17.8 Å². The largest absolute Gasteiger partial charge is 0.348 e. The van der Waals surface area contributed by atoms with Gasteiger partial charge in [-0.3, -0.25) is 4.79 Å². The summed E-state index contributed by atoms with van der Waals surface area (Å²) in [4.78, 5) is 11.0. The molecular weight excluding hydrogens is 332 g/mol. The summed E-state index contributed by atoms with van der Waals surface area (Å²) < 4.78 is 4.16. The molecule has 0 aliphatic rings. The van der Waals surface area contributed by atoms with Crippen LogP contribution in [0.25, 0.3) is 0 Å². The second-order valence-corrected chi connectivity index (χ2v) is 9.00. The minimum atomic E-state index is -0.305. The SMILES string of the molecule is CC(C)CCCC(C)CCCC(C)CCCC(C)CCCC(=O)OCl. The van der Waals surface area contributed by atoms with Crippen molar-refractivity contribution in [1.82, 2.24) is 0 Å². The van der Waals surface area contributed by atoms with Crippen molar-refractivity contribution in [2.75, 3.05) is 0 Å². The zero-order chi connectivity index (χ0) is 19.1. The van der Waals surface area contributed by atoms with Crippen LogP contribution in [-0.4, -0.2) is 5.97 Å². The Kier molecular flexibility index (Phi) is 15.8. The lowest BCUT2D eigenvalue weighted by Gasteiger charge is -2.16. The normalized spacial score (nSPS) is 15.2. The van der Waals surface area contributed by atoms with Gasteiger partial charge in [0.25, 0.3) is 0 Å². The number of hydrogen-bond donors (Lipinski definition) is 0. The highest BCUT2D eigenvalue weighted by Gasteiger charge is 2.09. The molecule has 0 saturated carbocycles. The Balaban J connectivity index is 3.54. The summed E-state index contributed by atoms with van der Waals surface area (Å²) in [5.41, 5.74) is 0. The van der Waals surface area contributed by atoms with Gasteiger partial charge >= 0.3 is 5.97 Å². The van der Waals surface area contributed by atoms with E-state index in [0.29, 0.717) is 12.3 Å². The minimum Gasteiger partial charge on any atom is -0.348 e. The molecule has 0 aliphatic heterocycles. The topological polar surface area (TPSA) is 26.3 Å². The lowest BCUT2D eigenvalue weighted by molar-refractivity contribution is -0.134. The highest BCUT2D eigenvalue weighted by molar-refractivity contribution is 6.13. The van der Waals surface area contributed by atoms with Crippen LogP contribution in [0.15, 0.2) is 0 Å². The van der Waals surface area contributed by atoms with Gasteiger partial charge in [0.05, 0.1) is 0 Å². The molecule has 25 heavy (non-hydrogen) atoms. The lowest BCUT2D eigenvalue weighted by atomic mass is 9.90. The Morgan fingerprint density at radius 2 is 1.04 bits per heavy atom. The second kappa shape index (κ2) is 16.0. The first-order valence-corrected chi connectivity index (χ1v) is 11.0. The molecule has 0 aliphatic carbocycles. The third kappa shape index (κ3) is 17.0. The molecule has 0 bridgehead atoms. The number of carbonyl (C=O) groups is 1. The number of hydrogen-bond acceptors (Lipinski definition) is 2. The molecule has 0 aromatic rings. The van der Waals surface area contributed by atoms with E-state index < -0.39 is 0 Å². The summed E-state index contributed by atoms with van der Waals surface area (Å²) in [5.74, 6) is 2.98. The quantitative estimate of drug-likeness (QED) is 0.274. The summed E-state index contributed by atoms with van der Waals surface area (Å²) in [7, 11) is 0. The Bertz CT molecular complexity index is 317. The Morgan fingerprint density at radius 3 is 1.40 bits per heavy atom. The van der Waals surface area contributed by atoms with E-state index in [-0.39, 0.29) is 5.97 Å². The monoisotopic (exact) mass is 374 g/mol. The van der Waals surface area contributed by atoms with E-state index in [0.717, 1.165) is 30.6 Å². The molecule has 0 radical (unpaired) electrons. The first kappa shape index (κ1) is 24.8. The molecule has 3 unspecified atom stereocenters. The van der Waals surface area contributed by atoms with E-state index >= 15 is 0 Å². The van der Waals surface area contributed by atoms with Gasteiger partial charge in [0.1, 0.15) is 11.9 Å². The Labute approximate surface area is 162 Å². The van der Waals surface area contributed by atoms with Gasteiger partial charge < -0.3 is 4.29 Å². The van der Waals surface area contributed by atoms with Crippen molar-refractivity contribution in [3.05, 3.63) is 0 Å². The molecule has 150 valence electrons. The van der Waals surface area contributed by atoms with Gasteiger partial charge in [-0.25, -0.2) is 0 Å². The van der Waals surface area contributed by atoms with Crippen LogP contribution in [-0.2, 0) is 9.08 Å². The zero-order valence-corrected chi connectivity index (χ0v) is 18.2. The van der Waals surface area contributed by atoms with E-state index in [1.54, 1.807) is 0 Å². The molecule has 0 fully saturated rings. The van der Waals surface area contributed by atoms with Crippen LogP contribution in [0.2, 0.25) is 0 Å². The number of rotatable bonds is 16. The van der Waals surface area contributed by atoms with Crippen molar-refractivity contribution in [2.24, 2.45) is 23.7 Å². The summed E-state index contributed by atoms with van der Waals surface area (Å²) in [5, 5.41) is 0. The zero-order valence-electron chi connectivity index (χ0n) is 17.5. The predicted molar refractivity (Wildman–Crippen MR) is 110 cm³/mol. The predicted octanol–water partition coefficient (Wildman–Crippen LogP) is 7.93. The smallest absolute Gasteiger partial charge is 0.324 e. The fraction of sp³-hybridized carbons (Fsp3) is 0.955. The molecule has 2 nitrogen and oxygen atoms in total. The van der Waals surface area contributed by atoms with E-state index in [9.17, 15) is 4.79 Å². The summed E-state index contributed by atoms with van der Waals surface area (Å²) in [6.45, 7) is 11.8. The van der Waals surface area contributed by atoms with Gasteiger partial charge in [-0.15, -0.1) is 0 Å². The molecular formula is C22H43ClO2. The molecule has 0 aromatic carbocycles. The Hall–Kier alpha value is -0.240. The van der Waals surface area contributed by atoms with Gasteiger partial charge in [-0.2, -0.15) is 0 Å². The fourth-order valence-corrected chi connectivity index (χ4v) is 3.65. The standard InChI is InChI=1S/C22H43ClO2/c1-18(2)10-6-11-19(3)12-7-13-20(4)14-8-15-21(5)16-9-17-22(24)25-23/h18-21H,6-17H2,1-5H3. The van der Waals surface area contributed by atoms with Crippen molar-refractivity contribution in [3.63, 3.8) is 0 Å². The molecule has 0 rings (SSSR count). The van der Waals surface area contributed by atoms with Crippen LogP contribution in [0, 0.1) is 23.7 Å². The minimum absolute atomic E-state index is 0.305. The number of halogens is 1. The maximum Gasteiger partial charge on any atom is 0.324 e. The van der Waals surface area contributed by atoms with E-state index in [4.69, 9.17) is 11.9 Å². The Morgan fingerprint density at radius 1 is 0.680 bits per heavy atom. The van der Waals surface area contributed by atoms with Crippen LogP contribution in [0.5, 0.6) is 0 Å². The van der Waals surface area contributed by atoms with Gasteiger partial charge in [0.15, 0.2) is 0 Å². The molecule has 0 heterocycles. The lowest BCUT2D eigenvalue weighted by Crippen LogP contribution is -2.02. The van der Waals surface area contributed by atoms with E-state index in [2.05, 4.69) is 38.9 Å². The van der Waals surface area contributed by atoms with Gasteiger partial charge in [-0.1, -0.05) is 98.8 Å². The van der Waals surface area contributed by atoms with Crippen molar-refractivity contribution < 1.29 is 9.08 Å². The highest BCUT2D eigenvalue weighted by atomic mass is 35.5. The molecule has 0 spiro atoms. The van der Waals surface area contributed by atoms with Crippen molar-refractivity contribution in [1.29, 1.82) is 0 Å². The van der Waals surface area contributed by atoms with Crippen LogP contribution < -0.4 is 0 Å². The van der Waals surface area contributed by atoms with Crippen LogP contribution in [0.1, 0.15) is 112 Å². The van der Waals surface area contributed by atoms with Crippen LogP contribution >= 0.6 is 11.9 Å². The summed E-state index contributed by atoms with van der Waals surface area (Å²) in [6, 6.07) is 0. The van der Waals surface area contributed by atoms with Crippen molar-refractivity contribution in [2.45, 2.75) is 112 Å². The molecule has 0 N–H and O–H groups in total. The van der Waals surface area contributed by atoms with Gasteiger partial charge in [0, 0.05) is 6.42 Å². The van der Waals surface area contributed by atoms with E-state index in [1.165, 1.54) is 57.8 Å². The molecule has 3 atom stereocenters. The third-order valence-corrected chi connectivity index (χ3v) is 5.60. The van der Waals surface area contributed by atoms with Gasteiger partial charge in [-0.05, 0) is 30.1 Å². The third-order valence-electron chi connectivity index (χ3n) is 5.43. The van der Waals surface area contributed by atoms with E-state index in [1.807, 2.05) is 0 Å². The first-order valence-electron chi connectivity index (χ1n) is 10.7. The number of carbonyl (C=O) groups excluding carboxylic acids is 1. The fourth-order valence-electron chi connectivity index (χ4n) is 3.57. The van der Waals surface area contributed by atoms with Crippen molar-refractivity contribution in [3.8, 4) is 0 Å². The highest BCUT2D eigenvalue weighted by Crippen LogP contribution is 2.23. The summed E-state index contributed by atoms with van der Waals surface area (Å²) in [6.07, 6.45) is 14.7. The maximum absolute atomic E-state index is 11.0. The average Bonchev–Trinajstić information content (AvgIpc) is 2.54. The summed E-state index contributed by atoms with van der Waals surface area (Å²) >= 11 is 5.03. The molecule has 0 saturated heterocycles. The van der Waals surface area contributed by atoms with Gasteiger partial charge in [0.2, 0.25) is 0 Å². The molecule has 3 heteroatoms. The molecule has 0 aromatic heterocycles. The maximum atomic E-state index is 11.0. The first-order chi connectivity index (χ1) is 11.8.